The third-order valence-corrected chi connectivity index (χ3v) is 1.72. The number of carboxylic acids is 2. The normalized spacial score (nSPS) is 11.9. The molecule has 0 rings (SSSR count). The molecule has 5 heteroatoms. The van der Waals surface area contributed by atoms with Crippen molar-refractivity contribution in [3.8, 4) is 0 Å². The summed E-state index contributed by atoms with van der Waals surface area (Å²) in [5.74, 6) is -5.07. The van der Waals surface area contributed by atoms with Crippen molar-refractivity contribution in [1.82, 2.24) is 0 Å². The van der Waals surface area contributed by atoms with Crippen molar-refractivity contribution in [3.63, 3.8) is 0 Å². The zero-order valence-electron chi connectivity index (χ0n) is 7.20. The molecule has 0 saturated heterocycles. The minimum absolute atomic E-state index is 0. The van der Waals surface area contributed by atoms with Gasteiger partial charge in [-0.05, 0) is 5.92 Å². The monoisotopic (exact) mass is 296 g/mol. The Bertz CT molecular complexity index is 155. The molecule has 0 aromatic carbocycles. The van der Waals surface area contributed by atoms with Gasteiger partial charge < -0.3 is 19.8 Å². The summed E-state index contributed by atoms with van der Waals surface area (Å²) < 4.78 is 0. The molecule has 1 atom stereocenters. The second-order valence-electron chi connectivity index (χ2n) is 2.50. The molecule has 0 N–H and O–H groups in total. The van der Waals surface area contributed by atoms with Crippen molar-refractivity contribution in [3.05, 3.63) is 0 Å². The van der Waals surface area contributed by atoms with E-state index < -0.39 is 23.8 Å². The number of rotatable bonds is 4. The van der Waals surface area contributed by atoms with Crippen molar-refractivity contribution in [2.75, 3.05) is 0 Å². The Morgan fingerprint density at radius 3 is 1.67 bits per heavy atom. The predicted molar refractivity (Wildman–Crippen MR) is 38.7 cm³/mol. The fraction of sp³-hybridized carbons (Fsp3) is 0.714. The van der Waals surface area contributed by atoms with Crippen LogP contribution >= 0.6 is 0 Å². The van der Waals surface area contributed by atoms with E-state index in [1.165, 1.54) is 6.92 Å². The first-order valence-electron chi connectivity index (χ1n) is 3.42. The van der Waals surface area contributed by atoms with Gasteiger partial charge in [0.15, 0.2) is 0 Å². The van der Waals surface area contributed by atoms with Gasteiger partial charge >= 0.3 is 48.9 Å². The molecule has 1 unspecified atom stereocenters. The van der Waals surface area contributed by atoms with Crippen LogP contribution in [0, 0.1) is 11.8 Å². The van der Waals surface area contributed by atoms with Gasteiger partial charge in [0.25, 0.3) is 0 Å². The zero-order valence-corrected chi connectivity index (χ0v) is 11.6. The Morgan fingerprint density at radius 1 is 1.25 bits per heavy atom. The van der Waals surface area contributed by atoms with E-state index in [2.05, 4.69) is 0 Å². The molecular weight excluding hydrogens is 285 g/mol. The molecule has 0 aliphatic heterocycles. The van der Waals surface area contributed by atoms with Crippen molar-refractivity contribution in [2.45, 2.75) is 20.3 Å². The molecule has 0 radical (unpaired) electrons. The van der Waals surface area contributed by atoms with E-state index in [0.29, 0.717) is 6.42 Å². The molecule has 0 amide bonds. The largest absolute Gasteiger partial charge is 2.00 e. The molecule has 64 valence electrons. The van der Waals surface area contributed by atoms with Crippen molar-refractivity contribution in [2.24, 2.45) is 11.8 Å². The summed E-state index contributed by atoms with van der Waals surface area (Å²) in [6, 6.07) is 0. The molecule has 0 aromatic heterocycles. The summed E-state index contributed by atoms with van der Waals surface area (Å²) in [6.07, 6.45) is 0.479. The molecule has 0 fully saturated rings. The Morgan fingerprint density at radius 2 is 1.58 bits per heavy atom. The van der Waals surface area contributed by atoms with Gasteiger partial charge in [0.05, 0.1) is 11.9 Å². The molecule has 0 spiro atoms. The van der Waals surface area contributed by atoms with Crippen LogP contribution in [-0.2, 0) is 9.59 Å². The molecule has 0 aliphatic carbocycles. The maximum Gasteiger partial charge on any atom is 2.00 e. The first-order valence-corrected chi connectivity index (χ1v) is 3.42. The number of hydrogen-bond donors (Lipinski definition) is 0. The zero-order chi connectivity index (χ0) is 9.02. The SMILES string of the molecule is CCC(C)C(C(=O)[O-])C(=O)[O-].[Ba+2]. The van der Waals surface area contributed by atoms with Crippen molar-refractivity contribution < 1.29 is 19.8 Å². The van der Waals surface area contributed by atoms with E-state index in [9.17, 15) is 19.8 Å². The molecule has 0 aliphatic rings. The van der Waals surface area contributed by atoms with E-state index in [1.807, 2.05) is 0 Å². The molecule has 0 saturated carbocycles. The standard InChI is InChI=1S/C7H12O4.Ba/c1-3-4(2)5(6(8)9)7(10)11;/h4-5H,3H2,1-2H3,(H,8,9)(H,10,11);/q;+2/p-2. The van der Waals surface area contributed by atoms with Gasteiger partial charge in [-0.25, -0.2) is 0 Å². The predicted octanol–water partition coefficient (Wildman–Crippen LogP) is -2.23. The van der Waals surface area contributed by atoms with Crippen LogP contribution in [0.15, 0.2) is 0 Å². The average molecular weight is 295 g/mol. The van der Waals surface area contributed by atoms with E-state index in [4.69, 9.17) is 0 Å². The molecule has 0 heterocycles. The minimum atomic E-state index is -1.57. The van der Waals surface area contributed by atoms with Crippen molar-refractivity contribution in [1.29, 1.82) is 0 Å². The Kier molecular flexibility index (Phi) is 8.71. The number of carboxylic acid groups (broad SMARTS) is 2. The number of aliphatic carboxylic acids is 2. The van der Waals surface area contributed by atoms with Crippen LogP contribution < -0.4 is 10.2 Å². The van der Waals surface area contributed by atoms with Gasteiger partial charge in [-0.3, -0.25) is 0 Å². The van der Waals surface area contributed by atoms with Crippen LogP contribution in [0.4, 0.5) is 0 Å². The van der Waals surface area contributed by atoms with E-state index in [1.54, 1.807) is 6.92 Å². The van der Waals surface area contributed by atoms with Crippen LogP contribution in [0.2, 0.25) is 0 Å². The fourth-order valence-corrected chi connectivity index (χ4v) is 0.797. The van der Waals surface area contributed by atoms with E-state index >= 15 is 0 Å². The first-order chi connectivity index (χ1) is 5.00. The molecular formula is C7H10BaO4. The number of carbonyl (C=O) groups excluding carboxylic acids is 2. The minimum Gasteiger partial charge on any atom is -0.549 e. The Labute approximate surface area is 111 Å². The third-order valence-electron chi connectivity index (χ3n) is 1.72. The molecule has 4 nitrogen and oxygen atoms in total. The smallest absolute Gasteiger partial charge is 0.549 e. The summed E-state index contributed by atoms with van der Waals surface area (Å²) in [5.41, 5.74) is 0. The molecule has 12 heavy (non-hydrogen) atoms. The van der Waals surface area contributed by atoms with Gasteiger partial charge in [-0.2, -0.15) is 0 Å². The average Bonchev–Trinajstić information content (AvgIpc) is 1.85. The number of hydrogen-bond acceptors (Lipinski definition) is 4. The topological polar surface area (TPSA) is 80.3 Å². The maximum absolute atomic E-state index is 10.2. The van der Waals surface area contributed by atoms with Gasteiger partial charge in [-0.1, -0.05) is 20.3 Å². The summed E-state index contributed by atoms with van der Waals surface area (Å²) >= 11 is 0. The van der Waals surface area contributed by atoms with Crippen LogP contribution in [0.1, 0.15) is 20.3 Å². The Hall–Kier alpha value is 0.511. The maximum atomic E-state index is 10.2. The second kappa shape index (κ2) is 6.97. The van der Waals surface area contributed by atoms with Gasteiger partial charge in [-0.15, -0.1) is 0 Å². The van der Waals surface area contributed by atoms with E-state index in [-0.39, 0.29) is 48.9 Å². The van der Waals surface area contributed by atoms with Crippen LogP contribution in [-0.4, -0.2) is 60.8 Å². The van der Waals surface area contributed by atoms with E-state index in [0.717, 1.165) is 0 Å². The summed E-state index contributed by atoms with van der Waals surface area (Å²) in [6.45, 7) is 3.25. The quantitative estimate of drug-likeness (QED) is 0.434. The first kappa shape index (κ1) is 15.0. The fourth-order valence-electron chi connectivity index (χ4n) is 0.797. The van der Waals surface area contributed by atoms with Gasteiger partial charge in [0.1, 0.15) is 0 Å². The molecule has 0 aromatic rings. The second-order valence-corrected chi connectivity index (χ2v) is 2.50. The Balaban J connectivity index is 0. The van der Waals surface area contributed by atoms with Gasteiger partial charge in [0, 0.05) is 5.92 Å². The molecule has 0 bridgehead atoms. The van der Waals surface area contributed by atoms with Gasteiger partial charge in [0.2, 0.25) is 0 Å². The number of carbonyl (C=O) groups is 2. The summed E-state index contributed by atoms with van der Waals surface area (Å²) in [4.78, 5) is 20.4. The van der Waals surface area contributed by atoms with Crippen LogP contribution in [0.25, 0.3) is 0 Å². The van der Waals surface area contributed by atoms with Crippen LogP contribution in [0.3, 0.4) is 0 Å². The van der Waals surface area contributed by atoms with Crippen molar-refractivity contribution >= 4 is 60.8 Å². The summed E-state index contributed by atoms with van der Waals surface area (Å²) in [7, 11) is 0. The summed E-state index contributed by atoms with van der Waals surface area (Å²) in [5, 5.41) is 20.4. The van der Waals surface area contributed by atoms with Crippen LogP contribution in [0.5, 0.6) is 0 Å². The third kappa shape index (κ3) is 4.52.